The number of hydrogen-bond donors (Lipinski definition) is 1. The van der Waals surface area contributed by atoms with E-state index in [1.165, 1.54) is 6.07 Å². The van der Waals surface area contributed by atoms with Crippen molar-refractivity contribution in [2.24, 2.45) is 11.1 Å². The molecule has 0 aliphatic rings. The number of carbonyl (C=O) groups is 1. The fraction of sp³-hybridized carbons (Fsp3) is 0.611. The van der Waals surface area contributed by atoms with E-state index in [9.17, 15) is 13.6 Å². The zero-order valence-electron chi connectivity index (χ0n) is 15.4. The standard InChI is InChI=1S/C18H28F2N2O3/c1-5-18(6-2,12-21)16(23)22(4)11-13-8-9-14(25-17(19)20)15(10-13)24-7-3/h8-10,17H,5-7,11-12,21H2,1-4H3. The van der Waals surface area contributed by atoms with Crippen LogP contribution in [0.15, 0.2) is 18.2 Å². The molecule has 0 saturated carbocycles. The van der Waals surface area contributed by atoms with Crippen molar-refractivity contribution in [2.45, 2.75) is 46.8 Å². The van der Waals surface area contributed by atoms with Crippen molar-refractivity contribution in [1.29, 1.82) is 0 Å². The predicted molar refractivity (Wildman–Crippen MR) is 92.8 cm³/mol. The second-order valence-corrected chi connectivity index (χ2v) is 5.95. The van der Waals surface area contributed by atoms with Crippen LogP contribution >= 0.6 is 0 Å². The summed E-state index contributed by atoms with van der Waals surface area (Å²) in [5, 5.41) is 0. The van der Waals surface area contributed by atoms with Crippen molar-refractivity contribution in [3.05, 3.63) is 23.8 Å². The average molecular weight is 358 g/mol. The van der Waals surface area contributed by atoms with Crippen molar-refractivity contribution < 1.29 is 23.0 Å². The number of ether oxygens (including phenoxy) is 2. The number of nitrogens with zero attached hydrogens (tertiary/aromatic N) is 1. The molecule has 25 heavy (non-hydrogen) atoms. The Balaban J connectivity index is 2.98. The minimum Gasteiger partial charge on any atom is -0.490 e. The van der Waals surface area contributed by atoms with Gasteiger partial charge in [-0.3, -0.25) is 4.79 Å². The van der Waals surface area contributed by atoms with Crippen LogP contribution in [0, 0.1) is 5.41 Å². The van der Waals surface area contributed by atoms with Crippen LogP contribution < -0.4 is 15.2 Å². The number of nitrogens with two attached hydrogens (primary N) is 1. The summed E-state index contributed by atoms with van der Waals surface area (Å²) in [5.41, 5.74) is 6.03. The molecule has 0 aliphatic heterocycles. The summed E-state index contributed by atoms with van der Waals surface area (Å²) in [4.78, 5) is 14.4. The van der Waals surface area contributed by atoms with Crippen LogP contribution in [0.25, 0.3) is 0 Å². The Kier molecular flexibility index (Phi) is 8.09. The summed E-state index contributed by atoms with van der Waals surface area (Å²) in [6, 6.07) is 4.69. The monoisotopic (exact) mass is 358 g/mol. The molecular formula is C18H28F2N2O3. The Labute approximate surface area is 148 Å². The fourth-order valence-electron chi connectivity index (χ4n) is 2.79. The topological polar surface area (TPSA) is 64.8 Å². The molecule has 0 radical (unpaired) electrons. The molecule has 7 heteroatoms. The van der Waals surface area contributed by atoms with Crippen molar-refractivity contribution in [3.63, 3.8) is 0 Å². The highest BCUT2D eigenvalue weighted by molar-refractivity contribution is 5.82. The van der Waals surface area contributed by atoms with Gasteiger partial charge in [0.1, 0.15) is 0 Å². The number of hydrogen-bond acceptors (Lipinski definition) is 4. The Morgan fingerprint density at radius 2 is 1.88 bits per heavy atom. The molecule has 0 heterocycles. The lowest BCUT2D eigenvalue weighted by molar-refractivity contribution is -0.141. The Morgan fingerprint density at radius 3 is 2.36 bits per heavy atom. The van der Waals surface area contributed by atoms with Crippen molar-refractivity contribution in [1.82, 2.24) is 4.90 Å². The van der Waals surface area contributed by atoms with E-state index in [0.717, 1.165) is 5.56 Å². The van der Waals surface area contributed by atoms with Gasteiger partial charge in [0.15, 0.2) is 11.5 Å². The first-order valence-electron chi connectivity index (χ1n) is 8.49. The highest BCUT2D eigenvalue weighted by atomic mass is 19.3. The van der Waals surface area contributed by atoms with Gasteiger partial charge in [-0.05, 0) is 37.5 Å². The van der Waals surface area contributed by atoms with Crippen LogP contribution in [-0.4, -0.2) is 37.6 Å². The van der Waals surface area contributed by atoms with Gasteiger partial charge in [-0.15, -0.1) is 0 Å². The molecule has 0 spiro atoms. The van der Waals surface area contributed by atoms with Crippen LogP contribution in [0.2, 0.25) is 0 Å². The number of halogens is 2. The summed E-state index contributed by atoms with van der Waals surface area (Å²) < 4.78 is 34.8. The smallest absolute Gasteiger partial charge is 0.387 e. The number of carbonyl (C=O) groups excluding carboxylic acids is 1. The maximum absolute atomic E-state index is 12.8. The highest BCUT2D eigenvalue weighted by Crippen LogP contribution is 2.31. The minimum absolute atomic E-state index is 0.0204. The first-order valence-corrected chi connectivity index (χ1v) is 8.49. The van der Waals surface area contributed by atoms with Gasteiger partial charge < -0.3 is 20.1 Å². The largest absolute Gasteiger partial charge is 0.490 e. The molecule has 0 unspecified atom stereocenters. The Bertz CT molecular complexity index is 555. The number of rotatable bonds is 10. The van der Waals surface area contributed by atoms with Crippen molar-refractivity contribution >= 4 is 5.91 Å². The molecule has 0 aromatic heterocycles. The zero-order chi connectivity index (χ0) is 19.0. The van der Waals surface area contributed by atoms with Crippen LogP contribution in [0.5, 0.6) is 11.5 Å². The van der Waals surface area contributed by atoms with Gasteiger partial charge in [0.05, 0.1) is 12.0 Å². The molecule has 0 saturated heterocycles. The molecule has 0 atom stereocenters. The van der Waals surface area contributed by atoms with E-state index in [-0.39, 0.29) is 24.0 Å². The molecule has 0 bridgehead atoms. The maximum Gasteiger partial charge on any atom is 0.387 e. The first-order chi connectivity index (χ1) is 11.8. The molecule has 142 valence electrons. The lowest BCUT2D eigenvalue weighted by Crippen LogP contribution is -2.45. The van der Waals surface area contributed by atoms with E-state index in [2.05, 4.69) is 4.74 Å². The van der Waals surface area contributed by atoms with Crippen LogP contribution in [-0.2, 0) is 11.3 Å². The quantitative estimate of drug-likeness (QED) is 0.696. The summed E-state index contributed by atoms with van der Waals surface area (Å²) >= 11 is 0. The van der Waals surface area contributed by atoms with E-state index in [4.69, 9.17) is 10.5 Å². The minimum atomic E-state index is -2.92. The summed E-state index contributed by atoms with van der Waals surface area (Å²) in [5.74, 6) is 0.191. The van der Waals surface area contributed by atoms with Crippen molar-refractivity contribution in [2.75, 3.05) is 20.2 Å². The molecular weight excluding hydrogens is 330 g/mol. The maximum atomic E-state index is 12.8. The number of benzene rings is 1. The summed E-state index contributed by atoms with van der Waals surface area (Å²) in [6.07, 6.45) is 1.32. The van der Waals surface area contributed by atoms with Crippen LogP contribution in [0.4, 0.5) is 8.78 Å². The summed E-state index contributed by atoms with van der Waals surface area (Å²) in [6.45, 7) is 3.67. The lowest BCUT2D eigenvalue weighted by Gasteiger charge is -2.33. The molecule has 2 N–H and O–H groups in total. The van der Waals surface area contributed by atoms with Crippen LogP contribution in [0.1, 0.15) is 39.2 Å². The molecule has 0 aliphatic carbocycles. The molecule has 5 nitrogen and oxygen atoms in total. The molecule has 1 amide bonds. The Hall–Kier alpha value is -1.89. The molecule has 1 rings (SSSR count). The van der Waals surface area contributed by atoms with Gasteiger partial charge in [-0.25, -0.2) is 0 Å². The van der Waals surface area contributed by atoms with E-state index in [1.807, 2.05) is 13.8 Å². The third kappa shape index (κ3) is 5.29. The third-order valence-corrected chi connectivity index (χ3v) is 4.49. The van der Waals surface area contributed by atoms with Gasteiger partial charge in [0.25, 0.3) is 0 Å². The van der Waals surface area contributed by atoms with E-state index >= 15 is 0 Å². The number of amides is 1. The second kappa shape index (κ2) is 9.56. The highest BCUT2D eigenvalue weighted by Gasteiger charge is 2.35. The average Bonchev–Trinajstić information content (AvgIpc) is 2.59. The summed E-state index contributed by atoms with van der Waals surface area (Å²) in [7, 11) is 1.71. The van der Waals surface area contributed by atoms with Crippen molar-refractivity contribution in [3.8, 4) is 11.5 Å². The zero-order valence-corrected chi connectivity index (χ0v) is 15.4. The lowest BCUT2D eigenvalue weighted by atomic mass is 9.81. The van der Waals surface area contributed by atoms with Gasteiger partial charge in [-0.2, -0.15) is 8.78 Å². The molecule has 1 aromatic rings. The van der Waals surface area contributed by atoms with Gasteiger partial charge in [0.2, 0.25) is 5.91 Å². The first kappa shape index (κ1) is 21.2. The molecule has 1 aromatic carbocycles. The van der Waals surface area contributed by atoms with Gasteiger partial charge >= 0.3 is 6.61 Å². The fourth-order valence-corrected chi connectivity index (χ4v) is 2.79. The van der Waals surface area contributed by atoms with E-state index < -0.39 is 12.0 Å². The van der Waals surface area contributed by atoms with Gasteiger partial charge in [0, 0.05) is 20.1 Å². The predicted octanol–water partition coefficient (Wildman–Crippen LogP) is 3.41. The van der Waals surface area contributed by atoms with Crippen LogP contribution in [0.3, 0.4) is 0 Å². The Morgan fingerprint density at radius 1 is 1.24 bits per heavy atom. The SMILES string of the molecule is CCOc1cc(CN(C)C(=O)C(CC)(CC)CN)ccc1OC(F)F. The van der Waals surface area contributed by atoms with Gasteiger partial charge in [-0.1, -0.05) is 19.9 Å². The molecule has 0 fully saturated rings. The van der Waals surface area contributed by atoms with E-state index in [0.29, 0.717) is 26.0 Å². The second-order valence-electron chi connectivity index (χ2n) is 5.95. The normalized spacial score (nSPS) is 11.5. The third-order valence-electron chi connectivity index (χ3n) is 4.49. The number of alkyl halides is 2. The van der Waals surface area contributed by atoms with E-state index in [1.54, 1.807) is 31.0 Å².